The van der Waals surface area contributed by atoms with Gasteiger partial charge in [-0.05, 0) is 70.6 Å². The maximum atomic E-state index is 12.4. The van der Waals surface area contributed by atoms with Crippen molar-refractivity contribution in [1.82, 2.24) is 0 Å². The highest BCUT2D eigenvalue weighted by molar-refractivity contribution is 9.10. The van der Waals surface area contributed by atoms with Crippen LogP contribution in [0.1, 0.15) is 28.8 Å². The molecule has 0 aromatic heterocycles. The molecular weight excluding hydrogens is 502 g/mol. The molecule has 0 heterocycles. The number of phenolic OH excluding ortho intramolecular Hbond substituents is 1. The van der Waals surface area contributed by atoms with Gasteiger partial charge in [0, 0.05) is 10.7 Å². The molecule has 9 heteroatoms. The molecule has 0 aliphatic heterocycles. The number of aliphatic hydroxyl groups excluding tert-OH is 1. The molecule has 0 bridgehead atoms. The molecule has 0 amide bonds. The van der Waals surface area contributed by atoms with E-state index in [2.05, 4.69) is 20.9 Å². The Morgan fingerprint density at radius 1 is 1.22 bits per heavy atom. The number of aliphatic hydroxyl groups is 1. The third kappa shape index (κ3) is 6.18. The molecule has 1 fully saturated rings. The first-order valence-electron chi connectivity index (χ1n) is 9.81. The number of aliphatic imine (C=N–C) groups is 1. The molecule has 0 spiro atoms. The van der Waals surface area contributed by atoms with Crippen LogP contribution < -0.4 is 4.74 Å². The van der Waals surface area contributed by atoms with Crippen molar-refractivity contribution in [2.24, 2.45) is 16.8 Å². The molecule has 168 valence electrons. The van der Waals surface area contributed by atoms with E-state index in [0.717, 1.165) is 5.56 Å². The number of benzene rings is 2. The van der Waals surface area contributed by atoms with Crippen LogP contribution in [-0.2, 0) is 4.79 Å². The van der Waals surface area contributed by atoms with Crippen LogP contribution >= 0.6 is 27.5 Å². The minimum atomic E-state index is -1.04. The van der Waals surface area contributed by atoms with E-state index in [4.69, 9.17) is 21.4 Å². The summed E-state index contributed by atoms with van der Waals surface area (Å²) in [5, 5.41) is 28.9. The van der Waals surface area contributed by atoms with Crippen LogP contribution in [0.15, 0.2) is 51.9 Å². The Hall–Kier alpha value is -2.68. The van der Waals surface area contributed by atoms with E-state index in [-0.39, 0.29) is 34.8 Å². The lowest BCUT2D eigenvalue weighted by Crippen LogP contribution is -2.31. The van der Waals surface area contributed by atoms with E-state index in [1.165, 1.54) is 12.1 Å². The van der Waals surface area contributed by atoms with Gasteiger partial charge in [-0.2, -0.15) is 0 Å². The summed E-state index contributed by atoms with van der Waals surface area (Å²) >= 11 is 9.11. The van der Waals surface area contributed by atoms with E-state index in [1.807, 2.05) is 0 Å². The lowest BCUT2D eigenvalue weighted by molar-refractivity contribution is -0.145. The molecule has 3 rings (SSSR count). The molecular formula is C23H21BrClNO6. The topological polar surface area (TPSA) is 116 Å². The van der Waals surface area contributed by atoms with Crippen molar-refractivity contribution < 1.29 is 29.6 Å². The third-order valence-corrected chi connectivity index (χ3v) is 5.99. The van der Waals surface area contributed by atoms with Crippen molar-refractivity contribution in [2.45, 2.75) is 19.1 Å². The predicted molar refractivity (Wildman–Crippen MR) is 124 cm³/mol. The fraction of sp³-hybridized carbons (Fsp3) is 0.261. The Labute approximate surface area is 198 Å². The second-order valence-electron chi connectivity index (χ2n) is 7.38. The number of carboxylic acids is 1. The van der Waals surface area contributed by atoms with Gasteiger partial charge in [-0.15, -0.1) is 0 Å². The summed E-state index contributed by atoms with van der Waals surface area (Å²) < 4.78 is 5.95. The van der Waals surface area contributed by atoms with Crippen LogP contribution in [0.3, 0.4) is 0 Å². The summed E-state index contributed by atoms with van der Waals surface area (Å²) in [6.07, 6.45) is 4.56. The molecule has 3 N–H and O–H groups in total. The van der Waals surface area contributed by atoms with Crippen molar-refractivity contribution >= 4 is 51.6 Å². The molecule has 0 saturated heterocycles. The quantitative estimate of drug-likeness (QED) is 0.252. The number of rotatable bonds is 9. The second-order valence-corrected chi connectivity index (χ2v) is 8.64. The van der Waals surface area contributed by atoms with Gasteiger partial charge < -0.3 is 20.1 Å². The van der Waals surface area contributed by atoms with Gasteiger partial charge in [0.05, 0.1) is 16.5 Å². The molecule has 1 aliphatic carbocycles. The van der Waals surface area contributed by atoms with E-state index in [9.17, 15) is 19.8 Å². The zero-order valence-corrected chi connectivity index (χ0v) is 19.2. The first-order valence-corrected chi connectivity index (χ1v) is 11.0. The number of aliphatic carboxylic acids is 1. The van der Waals surface area contributed by atoms with Crippen LogP contribution in [-0.4, -0.2) is 46.1 Å². The fourth-order valence-electron chi connectivity index (χ4n) is 3.13. The van der Waals surface area contributed by atoms with Crippen LogP contribution in [0.4, 0.5) is 0 Å². The van der Waals surface area contributed by atoms with Crippen molar-refractivity contribution in [1.29, 1.82) is 0 Å². The molecule has 7 nitrogen and oxygen atoms in total. The monoisotopic (exact) mass is 521 g/mol. The molecule has 1 atom stereocenters. The highest BCUT2D eigenvalue weighted by atomic mass is 79.9. The van der Waals surface area contributed by atoms with Crippen LogP contribution in [0, 0.1) is 11.8 Å². The van der Waals surface area contributed by atoms with Gasteiger partial charge in [0.2, 0.25) is 0 Å². The third-order valence-electron chi connectivity index (χ3n) is 5.02. The SMILES string of the molecule is O=C(/C=C/c1ccc(OCC(O)/N=C\C2CC(C(=O)O)C2)cc1)c1c(Br)ccc(Cl)c1O. The predicted octanol–water partition coefficient (Wildman–Crippen LogP) is 4.58. The van der Waals surface area contributed by atoms with Gasteiger partial charge in [-0.1, -0.05) is 29.8 Å². The highest BCUT2D eigenvalue weighted by Crippen LogP contribution is 2.34. The fourth-order valence-corrected chi connectivity index (χ4v) is 3.80. The molecule has 0 radical (unpaired) electrons. The van der Waals surface area contributed by atoms with Gasteiger partial charge in [0.15, 0.2) is 12.0 Å². The van der Waals surface area contributed by atoms with Gasteiger partial charge in [-0.3, -0.25) is 14.6 Å². The van der Waals surface area contributed by atoms with Crippen molar-refractivity contribution in [3.05, 3.63) is 63.1 Å². The maximum absolute atomic E-state index is 12.4. The standard InChI is InChI=1S/C23H21BrClNO6/c24-17-6-7-18(25)22(29)21(17)19(27)8-3-13-1-4-16(5-2-13)32-12-20(28)26-11-14-9-15(10-14)23(30)31/h1-8,11,14-15,20,28-29H,9-10,12H2,(H,30,31)/b8-3+,26-11-. The van der Waals surface area contributed by atoms with Gasteiger partial charge in [0.25, 0.3) is 0 Å². The Morgan fingerprint density at radius 2 is 1.91 bits per heavy atom. The normalized spacial score (nSPS) is 19.1. The van der Waals surface area contributed by atoms with E-state index >= 15 is 0 Å². The van der Waals surface area contributed by atoms with Crippen LogP contribution in [0.2, 0.25) is 5.02 Å². The lowest BCUT2D eigenvalue weighted by Gasteiger charge is -2.29. The van der Waals surface area contributed by atoms with Crippen LogP contribution in [0.5, 0.6) is 11.5 Å². The Bertz CT molecular complexity index is 1050. The number of hydrogen-bond donors (Lipinski definition) is 3. The average Bonchev–Trinajstić information content (AvgIpc) is 2.73. The minimum absolute atomic E-state index is 0.0404. The molecule has 1 saturated carbocycles. The summed E-state index contributed by atoms with van der Waals surface area (Å²) in [6, 6.07) is 9.94. The number of carbonyl (C=O) groups is 2. The zero-order valence-electron chi connectivity index (χ0n) is 16.8. The number of ketones is 1. The number of phenols is 1. The zero-order chi connectivity index (χ0) is 23.3. The Morgan fingerprint density at radius 3 is 2.56 bits per heavy atom. The first-order chi connectivity index (χ1) is 15.2. The number of allylic oxidation sites excluding steroid dienone is 1. The van der Waals surface area contributed by atoms with Crippen molar-refractivity contribution in [3.8, 4) is 11.5 Å². The molecule has 1 aliphatic rings. The van der Waals surface area contributed by atoms with E-state index in [1.54, 1.807) is 42.6 Å². The summed E-state index contributed by atoms with van der Waals surface area (Å²) in [7, 11) is 0. The van der Waals surface area contributed by atoms with Crippen LogP contribution in [0.25, 0.3) is 6.08 Å². The number of carbonyl (C=O) groups excluding carboxylic acids is 1. The summed E-state index contributed by atoms with van der Waals surface area (Å²) in [4.78, 5) is 27.2. The van der Waals surface area contributed by atoms with E-state index < -0.39 is 18.0 Å². The van der Waals surface area contributed by atoms with Crippen molar-refractivity contribution in [3.63, 3.8) is 0 Å². The smallest absolute Gasteiger partial charge is 0.306 e. The Kier molecular flexibility index (Phi) is 8.06. The number of ether oxygens (including phenoxy) is 1. The number of halogens is 2. The molecule has 2 aromatic carbocycles. The second kappa shape index (κ2) is 10.8. The molecule has 2 aromatic rings. The van der Waals surface area contributed by atoms with Crippen molar-refractivity contribution in [2.75, 3.05) is 6.61 Å². The largest absolute Gasteiger partial charge is 0.506 e. The van der Waals surface area contributed by atoms with E-state index in [0.29, 0.717) is 23.1 Å². The van der Waals surface area contributed by atoms with Gasteiger partial charge in [0.1, 0.15) is 18.1 Å². The number of hydrogen-bond acceptors (Lipinski definition) is 6. The highest BCUT2D eigenvalue weighted by Gasteiger charge is 2.33. The Balaban J connectivity index is 1.49. The number of aromatic hydroxyl groups is 1. The molecule has 1 unspecified atom stereocenters. The summed E-state index contributed by atoms with van der Waals surface area (Å²) in [5.41, 5.74) is 0.823. The lowest BCUT2D eigenvalue weighted by atomic mass is 9.76. The number of nitrogens with zero attached hydrogens (tertiary/aromatic N) is 1. The first kappa shape index (κ1) is 24.0. The molecule has 32 heavy (non-hydrogen) atoms. The van der Waals surface area contributed by atoms with Gasteiger partial charge in [-0.25, -0.2) is 0 Å². The maximum Gasteiger partial charge on any atom is 0.306 e. The average molecular weight is 523 g/mol. The summed E-state index contributed by atoms with van der Waals surface area (Å²) in [6.45, 7) is -0.0404. The summed E-state index contributed by atoms with van der Waals surface area (Å²) in [5.74, 6) is -1.20. The minimum Gasteiger partial charge on any atom is -0.506 e. The van der Waals surface area contributed by atoms with Gasteiger partial charge >= 0.3 is 5.97 Å². The number of carboxylic acid groups (broad SMARTS) is 1.